The van der Waals surface area contributed by atoms with Crippen molar-refractivity contribution >= 4 is 36.4 Å². The van der Waals surface area contributed by atoms with E-state index in [0.29, 0.717) is 31.3 Å². The van der Waals surface area contributed by atoms with Crippen LogP contribution in [0.3, 0.4) is 0 Å². The molecular formula is C17H31Cl2N3O. The second-order valence-corrected chi connectivity index (χ2v) is 6.25. The highest BCUT2D eigenvalue weighted by atomic mass is 35.5. The van der Waals surface area contributed by atoms with E-state index >= 15 is 0 Å². The second kappa shape index (κ2) is 12.5. The maximum Gasteiger partial charge on any atom is 0.220 e. The summed E-state index contributed by atoms with van der Waals surface area (Å²) in [5.74, 6) is 0.715. The van der Waals surface area contributed by atoms with Gasteiger partial charge in [-0.05, 0) is 44.5 Å². The van der Waals surface area contributed by atoms with Gasteiger partial charge < -0.3 is 16.0 Å². The van der Waals surface area contributed by atoms with Crippen molar-refractivity contribution in [2.24, 2.45) is 5.92 Å². The van der Waals surface area contributed by atoms with Crippen LogP contribution in [0.2, 0.25) is 0 Å². The van der Waals surface area contributed by atoms with Crippen LogP contribution in [0.15, 0.2) is 24.3 Å². The molecule has 0 aliphatic rings. The third-order valence-corrected chi connectivity index (χ3v) is 3.69. The number of para-hydroxylation sites is 1. The molecule has 0 saturated heterocycles. The van der Waals surface area contributed by atoms with Gasteiger partial charge in [0.2, 0.25) is 5.91 Å². The molecule has 0 radical (unpaired) electrons. The SMILES string of the molecule is CC(C)CC(CNC(=O)CCc1ccccc1N)N(C)C.Cl.Cl. The Labute approximate surface area is 153 Å². The first-order valence-corrected chi connectivity index (χ1v) is 7.66. The van der Waals surface area contributed by atoms with E-state index in [1.807, 2.05) is 24.3 Å². The van der Waals surface area contributed by atoms with Gasteiger partial charge in [0.1, 0.15) is 0 Å². The summed E-state index contributed by atoms with van der Waals surface area (Å²) in [7, 11) is 4.12. The van der Waals surface area contributed by atoms with E-state index in [1.165, 1.54) is 0 Å². The van der Waals surface area contributed by atoms with Crippen LogP contribution < -0.4 is 11.1 Å². The number of anilines is 1. The van der Waals surface area contributed by atoms with Crippen LogP contribution >= 0.6 is 24.8 Å². The van der Waals surface area contributed by atoms with E-state index in [0.717, 1.165) is 17.7 Å². The molecule has 0 fully saturated rings. The van der Waals surface area contributed by atoms with Crippen LogP contribution in [0.1, 0.15) is 32.3 Å². The van der Waals surface area contributed by atoms with Gasteiger partial charge in [0.15, 0.2) is 0 Å². The summed E-state index contributed by atoms with van der Waals surface area (Å²) in [6, 6.07) is 8.10. The number of amides is 1. The Morgan fingerprint density at radius 2 is 1.83 bits per heavy atom. The Kier molecular flexibility index (Phi) is 13.1. The molecule has 0 aliphatic carbocycles. The summed E-state index contributed by atoms with van der Waals surface area (Å²) >= 11 is 0. The maximum atomic E-state index is 12.0. The first kappa shape index (κ1) is 24.3. The average Bonchev–Trinajstić information content (AvgIpc) is 2.41. The van der Waals surface area contributed by atoms with Gasteiger partial charge in [0.05, 0.1) is 0 Å². The largest absolute Gasteiger partial charge is 0.399 e. The van der Waals surface area contributed by atoms with Crippen molar-refractivity contribution in [3.63, 3.8) is 0 Å². The molecule has 1 aromatic rings. The van der Waals surface area contributed by atoms with Crippen molar-refractivity contribution in [2.75, 3.05) is 26.4 Å². The lowest BCUT2D eigenvalue weighted by Crippen LogP contribution is -2.41. The van der Waals surface area contributed by atoms with E-state index in [2.05, 4.69) is 38.2 Å². The number of nitrogens with zero attached hydrogens (tertiary/aromatic N) is 1. The number of carbonyl (C=O) groups is 1. The van der Waals surface area contributed by atoms with Crippen LogP contribution in [0, 0.1) is 5.92 Å². The second-order valence-electron chi connectivity index (χ2n) is 6.25. The molecule has 4 nitrogen and oxygen atoms in total. The number of halogens is 2. The summed E-state index contributed by atoms with van der Waals surface area (Å²) in [5, 5.41) is 3.04. The predicted octanol–water partition coefficient (Wildman–Crippen LogP) is 3.14. The average molecular weight is 364 g/mol. The molecule has 23 heavy (non-hydrogen) atoms. The van der Waals surface area contributed by atoms with Gasteiger partial charge in [-0.3, -0.25) is 4.79 Å². The number of nitrogens with two attached hydrogens (primary N) is 1. The molecule has 1 amide bonds. The molecule has 6 heteroatoms. The van der Waals surface area contributed by atoms with E-state index in [4.69, 9.17) is 5.73 Å². The maximum absolute atomic E-state index is 12.0. The topological polar surface area (TPSA) is 58.4 Å². The molecule has 1 rings (SSSR count). The molecule has 0 aromatic heterocycles. The number of rotatable bonds is 8. The Balaban J connectivity index is 0. The number of likely N-dealkylation sites (N-methyl/N-ethyl adjacent to an activating group) is 1. The minimum atomic E-state index is 0. The minimum Gasteiger partial charge on any atom is -0.399 e. The van der Waals surface area contributed by atoms with Crippen LogP contribution in [-0.4, -0.2) is 37.5 Å². The fraction of sp³-hybridized carbons (Fsp3) is 0.588. The number of carbonyl (C=O) groups excluding carboxylic acids is 1. The number of hydrogen-bond acceptors (Lipinski definition) is 3. The van der Waals surface area contributed by atoms with Gasteiger partial charge in [-0.1, -0.05) is 32.0 Å². The smallest absolute Gasteiger partial charge is 0.220 e. The fourth-order valence-corrected chi connectivity index (χ4v) is 2.35. The van der Waals surface area contributed by atoms with Gasteiger partial charge in [-0.25, -0.2) is 0 Å². The van der Waals surface area contributed by atoms with E-state index in [9.17, 15) is 4.79 Å². The van der Waals surface area contributed by atoms with Crippen LogP contribution in [0.4, 0.5) is 5.69 Å². The van der Waals surface area contributed by atoms with Crippen molar-refractivity contribution in [3.05, 3.63) is 29.8 Å². The molecular weight excluding hydrogens is 333 g/mol. The number of aryl methyl sites for hydroxylation is 1. The van der Waals surface area contributed by atoms with E-state index < -0.39 is 0 Å². The lowest BCUT2D eigenvalue weighted by molar-refractivity contribution is -0.121. The molecule has 3 N–H and O–H groups in total. The van der Waals surface area contributed by atoms with Crippen molar-refractivity contribution in [1.82, 2.24) is 10.2 Å². The quantitative estimate of drug-likeness (QED) is 0.697. The number of hydrogen-bond donors (Lipinski definition) is 2. The number of benzene rings is 1. The fourth-order valence-electron chi connectivity index (χ4n) is 2.35. The van der Waals surface area contributed by atoms with Crippen LogP contribution in [0.25, 0.3) is 0 Å². The van der Waals surface area contributed by atoms with Crippen molar-refractivity contribution in [1.29, 1.82) is 0 Å². The standard InChI is InChI=1S/C17H29N3O.2ClH/c1-13(2)11-15(20(3)4)12-19-17(21)10-9-14-7-5-6-8-16(14)18;;/h5-8,13,15H,9-12,18H2,1-4H3,(H,19,21);2*1H. The molecule has 1 aromatic carbocycles. The van der Waals surface area contributed by atoms with Crippen LogP contribution in [0.5, 0.6) is 0 Å². The van der Waals surface area contributed by atoms with Crippen molar-refractivity contribution in [3.8, 4) is 0 Å². The van der Waals surface area contributed by atoms with Gasteiger partial charge in [-0.15, -0.1) is 24.8 Å². The van der Waals surface area contributed by atoms with Crippen molar-refractivity contribution in [2.45, 2.75) is 39.2 Å². The highest BCUT2D eigenvalue weighted by Gasteiger charge is 2.14. The lowest BCUT2D eigenvalue weighted by Gasteiger charge is -2.26. The highest BCUT2D eigenvalue weighted by Crippen LogP contribution is 2.12. The van der Waals surface area contributed by atoms with E-state index in [-0.39, 0.29) is 30.7 Å². The first-order chi connectivity index (χ1) is 9.90. The van der Waals surface area contributed by atoms with Gasteiger partial charge in [0.25, 0.3) is 0 Å². The highest BCUT2D eigenvalue weighted by molar-refractivity contribution is 5.85. The minimum absolute atomic E-state index is 0. The third kappa shape index (κ3) is 9.69. The molecule has 1 atom stereocenters. The van der Waals surface area contributed by atoms with Crippen molar-refractivity contribution < 1.29 is 4.79 Å². The summed E-state index contributed by atoms with van der Waals surface area (Å²) in [4.78, 5) is 14.1. The molecule has 1 unspecified atom stereocenters. The monoisotopic (exact) mass is 363 g/mol. The summed E-state index contributed by atoms with van der Waals surface area (Å²) in [6.45, 7) is 5.11. The summed E-state index contributed by atoms with van der Waals surface area (Å²) in [5.41, 5.74) is 7.69. The molecule has 134 valence electrons. The molecule has 0 saturated carbocycles. The summed E-state index contributed by atoms with van der Waals surface area (Å²) < 4.78 is 0. The van der Waals surface area contributed by atoms with E-state index in [1.54, 1.807) is 0 Å². The molecule has 0 heterocycles. The summed E-state index contributed by atoms with van der Waals surface area (Å²) in [6.07, 6.45) is 2.25. The third-order valence-electron chi connectivity index (χ3n) is 3.69. The van der Waals surface area contributed by atoms with Gasteiger partial charge >= 0.3 is 0 Å². The molecule has 0 spiro atoms. The Bertz CT molecular complexity index is 453. The zero-order valence-corrected chi connectivity index (χ0v) is 16.2. The van der Waals surface area contributed by atoms with Gasteiger partial charge in [0, 0.05) is 24.7 Å². The zero-order chi connectivity index (χ0) is 15.8. The molecule has 0 bridgehead atoms. The Morgan fingerprint density at radius 3 is 2.35 bits per heavy atom. The van der Waals surface area contributed by atoms with Crippen LogP contribution in [-0.2, 0) is 11.2 Å². The first-order valence-electron chi connectivity index (χ1n) is 7.66. The predicted molar refractivity (Wildman–Crippen MR) is 104 cm³/mol. The van der Waals surface area contributed by atoms with Gasteiger partial charge in [-0.2, -0.15) is 0 Å². The normalized spacial score (nSPS) is 11.6. The number of nitrogens with one attached hydrogen (secondary N) is 1. The zero-order valence-electron chi connectivity index (χ0n) is 14.5. The Morgan fingerprint density at radius 1 is 1.22 bits per heavy atom. The Hall–Kier alpha value is -0.970. The lowest BCUT2D eigenvalue weighted by atomic mass is 10.0. The number of nitrogen functional groups attached to an aromatic ring is 1. The molecule has 0 aliphatic heterocycles.